The molecule has 2 N–H and O–H groups in total. The van der Waals surface area contributed by atoms with Crippen molar-refractivity contribution >= 4 is 38.4 Å². The van der Waals surface area contributed by atoms with E-state index in [1.807, 2.05) is 10.8 Å². The van der Waals surface area contributed by atoms with Gasteiger partial charge in [-0.05, 0) is 29.7 Å². The number of hydrogen-bond acceptors (Lipinski definition) is 4. The molecule has 0 unspecified atom stereocenters. The number of rotatable bonds is 3. The summed E-state index contributed by atoms with van der Waals surface area (Å²) < 4.78 is 42.7. The maximum Gasteiger partial charge on any atom is 0.573 e. The summed E-state index contributed by atoms with van der Waals surface area (Å²) in [6.45, 7) is 0. The first-order valence-corrected chi connectivity index (χ1v) is 7.08. The minimum absolute atomic E-state index is 0.229. The molecule has 8 heteroatoms. The molecule has 0 amide bonds. The Hall–Kier alpha value is -1.15. The van der Waals surface area contributed by atoms with Gasteiger partial charge < -0.3 is 4.74 Å². The molecule has 0 aliphatic heterocycles. The van der Waals surface area contributed by atoms with E-state index in [-0.39, 0.29) is 5.75 Å². The summed E-state index contributed by atoms with van der Waals surface area (Å²) in [5.41, 5.74) is 6.63. The molecule has 0 bridgehead atoms. The lowest BCUT2D eigenvalue weighted by Crippen LogP contribution is -2.33. The zero-order valence-electron chi connectivity index (χ0n) is 9.32. The minimum atomic E-state index is -4.67. The van der Waals surface area contributed by atoms with Gasteiger partial charge in [-0.25, -0.2) is 4.57 Å². The van der Waals surface area contributed by atoms with E-state index in [2.05, 4.69) is 4.74 Å². The van der Waals surface area contributed by atoms with E-state index in [4.69, 9.17) is 5.73 Å². The number of hydrogen-bond donors (Lipinski definition) is 1. The smallest absolute Gasteiger partial charge is 0.406 e. The molecular formula is C10H10F3N2OS2+. The number of thioether (sulfide) groups is 1. The zero-order valence-corrected chi connectivity index (χ0v) is 11.0. The second kappa shape index (κ2) is 4.85. The highest BCUT2D eigenvalue weighted by Crippen LogP contribution is 2.29. The van der Waals surface area contributed by atoms with Crippen LogP contribution >= 0.6 is 23.1 Å². The number of nitrogens with two attached hydrogens (primary N) is 1. The Morgan fingerprint density at radius 2 is 2.17 bits per heavy atom. The summed E-state index contributed by atoms with van der Waals surface area (Å²) in [6.07, 6.45) is -2.75. The number of anilines is 1. The maximum atomic E-state index is 12.1. The molecule has 0 saturated carbocycles. The Balaban J connectivity index is 2.41. The van der Waals surface area contributed by atoms with Gasteiger partial charge in [0.15, 0.2) is 0 Å². The Kier molecular flexibility index (Phi) is 3.58. The first-order valence-electron chi connectivity index (χ1n) is 4.87. The van der Waals surface area contributed by atoms with Gasteiger partial charge in [0.1, 0.15) is 17.1 Å². The van der Waals surface area contributed by atoms with Crippen LogP contribution in [0.25, 0.3) is 10.2 Å². The lowest BCUT2D eigenvalue weighted by molar-refractivity contribution is -0.630. The average molecular weight is 295 g/mol. The van der Waals surface area contributed by atoms with Gasteiger partial charge >= 0.3 is 11.5 Å². The second-order valence-electron chi connectivity index (χ2n) is 3.46. The van der Waals surface area contributed by atoms with Crippen LogP contribution in [-0.4, -0.2) is 12.6 Å². The molecule has 3 nitrogen and oxygen atoms in total. The summed E-state index contributed by atoms with van der Waals surface area (Å²) in [4.78, 5) is 0. The Labute approximate surface area is 109 Å². The monoisotopic (exact) mass is 295 g/mol. The third-order valence-electron chi connectivity index (χ3n) is 2.19. The first kappa shape index (κ1) is 13.3. The highest BCUT2D eigenvalue weighted by Gasteiger charge is 2.31. The normalized spacial score (nSPS) is 12.0. The third kappa shape index (κ3) is 2.81. The predicted octanol–water partition coefficient (Wildman–Crippen LogP) is 2.99. The fourth-order valence-electron chi connectivity index (χ4n) is 1.55. The van der Waals surface area contributed by atoms with Crippen LogP contribution in [0.5, 0.6) is 5.75 Å². The average Bonchev–Trinajstić information content (AvgIpc) is 2.53. The molecule has 0 atom stereocenters. The van der Waals surface area contributed by atoms with E-state index in [1.165, 1.54) is 23.5 Å². The molecule has 1 heterocycles. The fraction of sp³-hybridized carbons (Fsp3) is 0.300. The summed E-state index contributed by atoms with van der Waals surface area (Å²) in [5, 5.41) is 0.559. The van der Waals surface area contributed by atoms with Gasteiger partial charge in [0, 0.05) is 6.07 Å². The van der Waals surface area contributed by atoms with Crippen molar-refractivity contribution in [1.82, 2.24) is 0 Å². The summed E-state index contributed by atoms with van der Waals surface area (Å²) >= 11 is 2.82. The van der Waals surface area contributed by atoms with Gasteiger partial charge in [0.2, 0.25) is 0 Å². The van der Waals surface area contributed by atoms with Gasteiger partial charge in [-0.2, -0.15) is 0 Å². The molecule has 98 valence electrons. The number of halogens is 3. The van der Waals surface area contributed by atoms with Crippen LogP contribution in [0.4, 0.5) is 18.3 Å². The van der Waals surface area contributed by atoms with Gasteiger partial charge in [-0.1, -0.05) is 0 Å². The molecular weight excluding hydrogens is 285 g/mol. The number of aromatic nitrogens is 1. The SMILES string of the molecule is CSC[n+]1c(N)sc2cc(OC(F)(F)F)ccc21. The van der Waals surface area contributed by atoms with Gasteiger partial charge in [-0.3, -0.25) is 5.73 Å². The molecule has 0 aliphatic rings. The van der Waals surface area contributed by atoms with Crippen molar-refractivity contribution in [2.45, 2.75) is 12.2 Å². The molecule has 1 aromatic carbocycles. The summed E-state index contributed by atoms with van der Waals surface area (Å²) in [6, 6.07) is 4.22. The van der Waals surface area contributed by atoms with Gasteiger partial charge in [0.25, 0.3) is 0 Å². The van der Waals surface area contributed by atoms with Crippen LogP contribution in [0.3, 0.4) is 0 Å². The third-order valence-corrected chi connectivity index (χ3v) is 3.69. The van der Waals surface area contributed by atoms with Crippen molar-refractivity contribution in [3.63, 3.8) is 0 Å². The molecule has 0 spiro atoms. The molecule has 2 rings (SSSR count). The molecule has 0 fully saturated rings. The quantitative estimate of drug-likeness (QED) is 0.885. The van der Waals surface area contributed by atoms with Crippen LogP contribution in [0.15, 0.2) is 18.2 Å². The number of alkyl halides is 3. The minimum Gasteiger partial charge on any atom is -0.406 e. The van der Waals surface area contributed by atoms with E-state index in [9.17, 15) is 13.2 Å². The Morgan fingerprint density at radius 3 is 2.78 bits per heavy atom. The summed E-state index contributed by atoms with van der Waals surface area (Å²) in [7, 11) is 0. The highest BCUT2D eigenvalue weighted by molar-refractivity contribution is 7.97. The zero-order chi connectivity index (χ0) is 13.3. The van der Waals surface area contributed by atoms with E-state index in [0.717, 1.165) is 5.52 Å². The number of benzene rings is 1. The number of ether oxygens (including phenoxy) is 1. The molecule has 0 radical (unpaired) electrons. The molecule has 1 aromatic heterocycles. The van der Waals surface area contributed by atoms with Crippen molar-refractivity contribution in [3.8, 4) is 5.75 Å². The van der Waals surface area contributed by atoms with Crippen molar-refractivity contribution in [3.05, 3.63) is 18.2 Å². The number of thiazole rings is 1. The fourth-order valence-corrected chi connectivity index (χ4v) is 3.12. The lowest BCUT2D eigenvalue weighted by atomic mass is 10.3. The van der Waals surface area contributed by atoms with E-state index in [0.29, 0.717) is 15.7 Å². The number of nitrogen functional groups attached to an aromatic ring is 1. The van der Waals surface area contributed by atoms with Crippen molar-refractivity contribution in [1.29, 1.82) is 0 Å². The standard InChI is InChI=1S/C10H9F3N2OS2/c1-17-5-15-7-3-2-6(16-10(11,12)13)4-8(7)18-9(15)14/h2-4,14H,5H2,1H3/p+1. The van der Waals surface area contributed by atoms with E-state index in [1.54, 1.807) is 17.8 Å². The van der Waals surface area contributed by atoms with Gasteiger partial charge in [0.05, 0.1) is 4.70 Å². The van der Waals surface area contributed by atoms with Crippen LogP contribution in [0.1, 0.15) is 0 Å². The number of nitrogens with zero attached hydrogens (tertiary/aromatic N) is 1. The van der Waals surface area contributed by atoms with Crippen LogP contribution in [-0.2, 0) is 5.88 Å². The van der Waals surface area contributed by atoms with Crippen molar-refractivity contribution < 1.29 is 22.5 Å². The van der Waals surface area contributed by atoms with Crippen molar-refractivity contribution in [2.24, 2.45) is 0 Å². The first-order chi connectivity index (χ1) is 8.40. The van der Waals surface area contributed by atoms with Crippen LogP contribution in [0.2, 0.25) is 0 Å². The topological polar surface area (TPSA) is 39.1 Å². The highest BCUT2D eigenvalue weighted by atomic mass is 32.2. The second-order valence-corrected chi connectivity index (χ2v) is 5.36. The molecule has 0 aliphatic carbocycles. The van der Waals surface area contributed by atoms with Crippen LogP contribution in [0, 0.1) is 0 Å². The lowest BCUT2D eigenvalue weighted by Gasteiger charge is -2.07. The Bertz CT molecular complexity index is 568. The summed E-state index contributed by atoms with van der Waals surface area (Å²) in [5.74, 6) is 0.429. The largest absolute Gasteiger partial charge is 0.573 e. The molecule has 0 saturated heterocycles. The Morgan fingerprint density at radius 1 is 1.44 bits per heavy atom. The van der Waals surface area contributed by atoms with E-state index >= 15 is 0 Å². The van der Waals surface area contributed by atoms with Crippen molar-refractivity contribution in [2.75, 3.05) is 12.0 Å². The van der Waals surface area contributed by atoms with E-state index < -0.39 is 6.36 Å². The predicted molar refractivity (Wildman–Crippen MR) is 66.6 cm³/mol. The molecule has 2 aromatic rings. The maximum absolute atomic E-state index is 12.1. The number of fused-ring (bicyclic) bond motifs is 1. The molecule has 18 heavy (non-hydrogen) atoms. The van der Waals surface area contributed by atoms with Gasteiger partial charge in [-0.15, -0.1) is 24.9 Å². The van der Waals surface area contributed by atoms with Crippen LogP contribution < -0.4 is 15.0 Å².